The van der Waals surface area contributed by atoms with Crippen molar-refractivity contribution in [1.82, 2.24) is 15.1 Å². The van der Waals surface area contributed by atoms with E-state index >= 15 is 0 Å². The SMILES string of the molecule is CC(Oc1ccccc1)C(=O)N1CCC(Nc2cccnn2)CC1. The summed E-state index contributed by atoms with van der Waals surface area (Å²) in [5.41, 5.74) is 0. The number of carbonyl (C=O) groups is 1. The van der Waals surface area contributed by atoms with Gasteiger partial charge in [0, 0.05) is 25.3 Å². The molecule has 2 heterocycles. The van der Waals surface area contributed by atoms with Crippen molar-refractivity contribution in [2.24, 2.45) is 0 Å². The lowest BCUT2D eigenvalue weighted by Gasteiger charge is -2.34. The first-order chi connectivity index (χ1) is 11.7. The number of aromatic nitrogens is 2. The van der Waals surface area contributed by atoms with Crippen molar-refractivity contribution in [3.05, 3.63) is 48.7 Å². The highest BCUT2D eigenvalue weighted by atomic mass is 16.5. The van der Waals surface area contributed by atoms with E-state index in [2.05, 4.69) is 15.5 Å². The smallest absolute Gasteiger partial charge is 0.263 e. The van der Waals surface area contributed by atoms with E-state index in [0.29, 0.717) is 6.04 Å². The Labute approximate surface area is 141 Å². The first-order valence-corrected chi connectivity index (χ1v) is 8.27. The van der Waals surface area contributed by atoms with Gasteiger partial charge in [-0.25, -0.2) is 0 Å². The Morgan fingerprint density at radius 1 is 1.21 bits per heavy atom. The van der Waals surface area contributed by atoms with Crippen LogP contribution in [0.15, 0.2) is 48.7 Å². The fraction of sp³-hybridized carbons (Fsp3) is 0.389. The summed E-state index contributed by atoms with van der Waals surface area (Å²) in [5.74, 6) is 1.54. The van der Waals surface area contributed by atoms with Crippen molar-refractivity contribution in [2.45, 2.75) is 31.9 Å². The monoisotopic (exact) mass is 326 g/mol. The van der Waals surface area contributed by atoms with Crippen molar-refractivity contribution < 1.29 is 9.53 Å². The summed E-state index contributed by atoms with van der Waals surface area (Å²) in [5, 5.41) is 11.3. The predicted octanol–water partition coefficient (Wildman–Crippen LogP) is 2.35. The van der Waals surface area contributed by atoms with Crippen molar-refractivity contribution in [3.63, 3.8) is 0 Å². The maximum Gasteiger partial charge on any atom is 0.263 e. The number of piperidine rings is 1. The van der Waals surface area contributed by atoms with Crippen molar-refractivity contribution in [1.29, 1.82) is 0 Å². The third-order valence-electron chi connectivity index (χ3n) is 4.13. The summed E-state index contributed by atoms with van der Waals surface area (Å²) in [4.78, 5) is 14.4. The van der Waals surface area contributed by atoms with Crippen molar-refractivity contribution in [2.75, 3.05) is 18.4 Å². The van der Waals surface area contributed by atoms with Gasteiger partial charge in [0.05, 0.1) is 0 Å². The first kappa shape index (κ1) is 16.2. The fourth-order valence-electron chi connectivity index (χ4n) is 2.84. The van der Waals surface area contributed by atoms with Crippen LogP contribution in [0.4, 0.5) is 5.82 Å². The van der Waals surface area contributed by atoms with E-state index < -0.39 is 6.10 Å². The molecule has 1 atom stereocenters. The summed E-state index contributed by atoms with van der Waals surface area (Å²) >= 11 is 0. The number of amides is 1. The fourth-order valence-corrected chi connectivity index (χ4v) is 2.84. The Hall–Kier alpha value is -2.63. The van der Waals surface area contributed by atoms with Gasteiger partial charge in [-0.3, -0.25) is 4.79 Å². The van der Waals surface area contributed by atoms with E-state index in [4.69, 9.17) is 4.74 Å². The molecule has 1 saturated heterocycles. The third-order valence-corrected chi connectivity index (χ3v) is 4.13. The number of anilines is 1. The van der Waals surface area contributed by atoms with Crippen LogP contribution >= 0.6 is 0 Å². The Morgan fingerprint density at radius 3 is 2.62 bits per heavy atom. The molecule has 0 radical (unpaired) electrons. The largest absolute Gasteiger partial charge is 0.481 e. The molecule has 0 saturated carbocycles. The molecule has 2 aromatic rings. The quantitative estimate of drug-likeness (QED) is 0.913. The topological polar surface area (TPSA) is 67.3 Å². The van der Waals surface area contributed by atoms with E-state index in [1.165, 1.54) is 0 Å². The highest BCUT2D eigenvalue weighted by molar-refractivity contribution is 5.81. The number of ether oxygens (including phenoxy) is 1. The van der Waals surface area contributed by atoms with Gasteiger partial charge in [0.15, 0.2) is 6.10 Å². The van der Waals surface area contributed by atoms with Gasteiger partial charge in [-0.15, -0.1) is 5.10 Å². The zero-order valence-electron chi connectivity index (χ0n) is 13.8. The Balaban J connectivity index is 1.48. The van der Waals surface area contributed by atoms with Gasteiger partial charge >= 0.3 is 0 Å². The number of likely N-dealkylation sites (tertiary alicyclic amines) is 1. The van der Waals surface area contributed by atoms with Crippen LogP contribution in [-0.4, -0.2) is 46.2 Å². The summed E-state index contributed by atoms with van der Waals surface area (Å²) in [6, 6.07) is 13.5. The third kappa shape index (κ3) is 4.22. The average Bonchev–Trinajstić information content (AvgIpc) is 2.63. The van der Waals surface area contributed by atoms with Gasteiger partial charge in [0.25, 0.3) is 5.91 Å². The predicted molar refractivity (Wildman–Crippen MR) is 91.8 cm³/mol. The molecular weight excluding hydrogens is 304 g/mol. The van der Waals surface area contributed by atoms with Crippen LogP contribution < -0.4 is 10.1 Å². The molecule has 1 unspecified atom stereocenters. The molecule has 1 aromatic heterocycles. The molecular formula is C18H22N4O2. The molecule has 1 aromatic carbocycles. The number of benzene rings is 1. The zero-order valence-corrected chi connectivity index (χ0v) is 13.8. The van der Waals surface area contributed by atoms with E-state index in [9.17, 15) is 4.79 Å². The van der Waals surface area contributed by atoms with Gasteiger partial charge in [0.1, 0.15) is 11.6 Å². The maximum absolute atomic E-state index is 12.5. The number of para-hydroxylation sites is 1. The minimum absolute atomic E-state index is 0.0387. The Morgan fingerprint density at radius 2 is 1.96 bits per heavy atom. The van der Waals surface area contributed by atoms with Crippen molar-refractivity contribution in [3.8, 4) is 5.75 Å². The van der Waals surface area contributed by atoms with Crippen LogP contribution in [0, 0.1) is 0 Å². The highest BCUT2D eigenvalue weighted by Crippen LogP contribution is 2.17. The molecule has 1 aliphatic rings. The van der Waals surface area contributed by atoms with Gasteiger partial charge in [-0.2, -0.15) is 5.10 Å². The lowest BCUT2D eigenvalue weighted by molar-refractivity contribution is -0.138. The lowest BCUT2D eigenvalue weighted by atomic mass is 10.0. The molecule has 1 aliphatic heterocycles. The molecule has 0 aliphatic carbocycles. The second-order valence-corrected chi connectivity index (χ2v) is 5.93. The molecule has 6 nitrogen and oxygen atoms in total. The number of carbonyl (C=O) groups excluding carboxylic acids is 1. The van der Waals surface area contributed by atoms with Crippen LogP contribution in [0.5, 0.6) is 5.75 Å². The van der Waals surface area contributed by atoms with Crippen LogP contribution in [0.2, 0.25) is 0 Å². The highest BCUT2D eigenvalue weighted by Gasteiger charge is 2.27. The average molecular weight is 326 g/mol. The van der Waals surface area contributed by atoms with Gasteiger partial charge in [-0.05, 0) is 44.0 Å². The van der Waals surface area contributed by atoms with Crippen LogP contribution in [0.25, 0.3) is 0 Å². The number of nitrogens with one attached hydrogen (secondary N) is 1. The van der Waals surface area contributed by atoms with Crippen LogP contribution in [0.1, 0.15) is 19.8 Å². The normalized spacial score (nSPS) is 16.5. The van der Waals surface area contributed by atoms with Gasteiger partial charge in [-0.1, -0.05) is 18.2 Å². The molecule has 24 heavy (non-hydrogen) atoms. The minimum atomic E-state index is -0.475. The molecule has 1 N–H and O–H groups in total. The van der Waals surface area contributed by atoms with E-state index in [1.807, 2.05) is 47.4 Å². The Kier molecular flexibility index (Phi) is 5.25. The van der Waals surface area contributed by atoms with Gasteiger partial charge < -0.3 is 15.0 Å². The molecule has 1 fully saturated rings. The number of nitrogens with zero attached hydrogens (tertiary/aromatic N) is 3. The summed E-state index contributed by atoms with van der Waals surface area (Å²) < 4.78 is 5.73. The Bertz CT molecular complexity index is 643. The molecule has 1 amide bonds. The van der Waals surface area contributed by atoms with Crippen molar-refractivity contribution >= 4 is 11.7 Å². The maximum atomic E-state index is 12.5. The van der Waals surface area contributed by atoms with Crippen LogP contribution in [-0.2, 0) is 4.79 Å². The standard InChI is InChI=1S/C18H22N4O2/c1-14(24-16-6-3-2-4-7-16)18(23)22-12-9-15(10-13-22)20-17-8-5-11-19-21-17/h2-8,11,14-15H,9-10,12-13H2,1H3,(H,20,21). The number of hydrogen-bond donors (Lipinski definition) is 1. The summed E-state index contributed by atoms with van der Waals surface area (Å²) in [6.45, 7) is 3.25. The summed E-state index contributed by atoms with van der Waals surface area (Å²) in [7, 11) is 0. The zero-order chi connectivity index (χ0) is 16.8. The minimum Gasteiger partial charge on any atom is -0.481 e. The van der Waals surface area contributed by atoms with Gasteiger partial charge in [0.2, 0.25) is 0 Å². The van der Waals surface area contributed by atoms with E-state index in [0.717, 1.165) is 37.5 Å². The summed E-state index contributed by atoms with van der Waals surface area (Å²) in [6.07, 6.45) is 2.96. The first-order valence-electron chi connectivity index (χ1n) is 8.27. The second kappa shape index (κ2) is 7.77. The molecule has 6 heteroatoms. The molecule has 0 bridgehead atoms. The second-order valence-electron chi connectivity index (χ2n) is 5.93. The number of rotatable bonds is 5. The lowest BCUT2D eigenvalue weighted by Crippen LogP contribution is -2.47. The van der Waals surface area contributed by atoms with Crippen LogP contribution in [0.3, 0.4) is 0 Å². The van der Waals surface area contributed by atoms with E-state index in [1.54, 1.807) is 13.1 Å². The number of hydrogen-bond acceptors (Lipinski definition) is 5. The molecule has 0 spiro atoms. The molecule has 126 valence electrons. The molecule has 3 rings (SSSR count). The van der Waals surface area contributed by atoms with E-state index in [-0.39, 0.29) is 5.91 Å².